The fraction of sp³-hybridized carbons (Fsp3) is 0.792. The van der Waals surface area contributed by atoms with Crippen molar-refractivity contribution in [3.8, 4) is 0 Å². The van der Waals surface area contributed by atoms with Crippen molar-refractivity contribution in [3.05, 3.63) is 17.1 Å². The van der Waals surface area contributed by atoms with Gasteiger partial charge in [-0.05, 0) is 59.0 Å². The van der Waals surface area contributed by atoms with Crippen LogP contribution in [0.4, 0.5) is 5.82 Å². The quantitative estimate of drug-likeness (QED) is 0.725. The number of carbonyl (C=O) groups excluding carboxylic acids is 1. The largest absolute Gasteiger partial charge is 0.373 e. The SMILES string of the molecule is CNc1nc([C@@H]2CCCCN2CC(=O)N(C(C)C)C2CCCCC2)nc2c1CCNC2. The first kappa shape index (κ1) is 22.5. The molecule has 1 saturated heterocycles. The minimum atomic E-state index is 0.123. The number of hydrogen-bond donors (Lipinski definition) is 2. The Bertz CT molecular complexity index is 743. The molecule has 1 aliphatic carbocycles. The third kappa shape index (κ3) is 5.03. The molecule has 0 spiro atoms. The van der Waals surface area contributed by atoms with Crippen molar-refractivity contribution in [2.24, 2.45) is 0 Å². The van der Waals surface area contributed by atoms with Gasteiger partial charge in [-0.15, -0.1) is 0 Å². The van der Waals surface area contributed by atoms with Crippen LogP contribution in [-0.4, -0.2) is 64.4 Å². The first-order valence-corrected chi connectivity index (χ1v) is 12.4. The van der Waals surface area contributed by atoms with Gasteiger partial charge in [0.15, 0.2) is 0 Å². The monoisotopic (exact) mass is 428 g/mol. The normalized spacial score (nSPS) is 22.9. The number of anilines is 1. The fourth-order valence-corrected chi connectivity index (χ4v) is 5.73. The Morgan fingerprint density at radius 2 is 1.94 bits per heavy atom. The number of likely N-dealkylation sites (tertiary alicyclic amines) is 1. The molecule has 0 bridgehead atoms. The number of fused-ring (bicyclic) bond motifs is 1. The maximum absolute atomic E-state index is 13.5. The van der Waals surface area contributed by atoms with Crippen LogP contribution in [0, 0.1) is 0 Å². The van der Waals surface area contributed by atoms with E-state index in [9.17, 15) is 4.79 Å². The number of aromatic nitrogens is 2. The van der Waals surface area contributed by atoms with Crippen molar-refractivity contribution in [2.75, 3.05) is 32.0 Å². The summed E-state index contributed by atoms with van der Waals surface area (Å²) in [7, 11) is 1.95. The molecule has 0 unspecified atom stereocenters. The molecule has 3 heterocycles. The van der Waals surface area contributed by atoms with Gasteiger partial charge in [-0.2, -0.15) is 0 Å². The van der Waals surface area contributed by atoms with Gasteiger partial charge in [0.1, 0.15) is 11.6 Å². The second-order valence-corrected chi connectivity index (χ2v) is 9.70. The summed E-state index contributed by atoms with van der Waals surface area (Å²) in [6.07, 6.45) is 10.4. The fourth-order valence-electron chi connectivity index (χ4n) is 5.73. The Morgan fingerprint density at radius 3 is 2.68 bits per heavy atom. The molecule has 7 nitrogen and oxygen atoms in total. The maximum atomic E-state index is 13.5. The predicted molar refractivity (Wildman–Crippen MR) is 124 cm³/mol. The molecule has 172 valence electrons. The van der Waals surface area contributed by atoms with E-state index in [2.05, 4.69) is 34.3 Å². The van der Waals surface area contributed by atoms with Crippen LogP contribution in [-0.2, 0) is 17.8 Å². The molecule has 7 heteroatoms. The zero-order valence-corrected chi connectivity index (χ0v) is 19.6. The molecule has 0 radical (unpaired) electrons. The van der Waals surface area contributed by atoms with Crippen LogP contribution in [0.2, 0.25) is 0 Å². The van der Waals surface area contributed by atoms with Gasteiger partial charge in [0, 0.05) is 31.2 Å². The lowest BCUT2D eigenvalue weighted by Crippen LogP contribution is -2.51. The maximum Gasteiger partial charge on any atom is 0.237 e. The second-order valence-electron chi connectivity index (χ2n) is 9.70. The third-order valence-electron chi connectivity index (χ3n) is 7.25. The molecule has 1 aromatic heterocycles. The third-order valence-corrected chi connectivity index (χ3v) is 7.25. The van der Waals surface area contributed by atoms with Gasteiger partial charge >= 0.3 is 0 Å². The zero-order valence-electron chi connectivity index (χ0n) is 19.6. The molecule has 1 amide bonds. The van der Waals surface area contributed by atoms with Crippen LogP contribution in [0.1, 0.15) is 88.3 Å². The Balaban J connectivity index is 1.54. The highest BCUT2D eigenvalue weighted by Crippen LogP contribution is 2.32. The number of nitrogens with zero attached hydrogens (tertiary/aromatic N) is 4. The summed E-state index contributed by atoms with van der Waals surface area (Å²) in [5, 5.41) is 6.73. The zero-order chi connectivity index (χ0) is 21.8. The Hall–Kier alpha value is -1.73. The first-order chi connectivity index (χ1) is 15.1. The summed E-state index contributed by atoms with van der Waals surface area (Å²) >= 11 is 0. The van der Waals surface area contributed by atoms with Crippen molar-refractivity contribution in [1.82, 2.24) is 25.1 Å². The molecule has 1 saturated carbocycles. The number of piperidine rings is 1. The molecule has 0 aromatic carbocycles. The van der Waals surface area contributed by atoms with Gasteiger partial charge in [-0.3, -0.25) is 9.69 Å². The molecule has 2 N–H and O–H groups in total. The highest BCUT2D eigenvalue weighted by Gasteiger charge is 2.33. The van der Waals surface area contributed by atoms with E-state index in [1.165, 1.54) is 31.2 Å². The van der Waals surface area contributed by atoms with Gasteiger partial charge in [-0.1, -0.05) is 25.7 Å². The minimum Gasteiger partial charge on any atom is -0.373 e. The van der Waals surface area contributed by atoms with E-state index in [0.29, 0.717) is 12.6 Å². The summed E-state index contributed by atoms with van der Waals surface area (Å²) in [5.74, 6) is 2.12. The van der Waals surface area contributed by atoms with Crippen molar-refractivity contribution in [3.63, 3.8) is 0 Å². The van der Waals surface area contributed by atoms with Crippen LogP contribution in [0.5, 0.6) is 0 Å². The van der Waals surface area contributed by atoms with E-state index in [1.54, 1.807) is 0 Å². The summed E-state index contributed by atoms with van der Waals surface area (Å²) < 4.78 is 0. The molecule has 2 aliphatic heterocycles. The molecule has 3 aliphatic rings. The minimum absolute atomic E-state index is 0.123. The molecule has 31 heavy (non-hydrogen) atoms. The van der Waals surface area contributed by atoms with Crippen molar-refractivity contribution < 1.29 is 4.79 Å². The average Bonchev–Trinajstić information content (AvgIpc) is 2.79. The van der Waals surface area contributed by atoms with Crippen molar-refractivity contribution in [2.45, 2.75) is 96.3 Å². The number of carbonyl (C=O) groups is 1. The molecule has 2 fully saturated rings. The topological polar surface area (TPSA) is 73.4 Å². The van der Waals surface area contributed by atoms with Gasteiger partial charge in [0.25, 0.3) is 0 Å². The predicted octanol–water partition coefficient (Wildman–Crippen LogP) is 3.26. The number of rotatable bonds is 6. The first-order valence-electron chi connectivity index (χ1n) is 12.4. The molecular formula is C24H40N6O. The van der Waals surface area contributed by atoms with Crippen molar-refractivity contribution in [1.29, 1.82) is 0 Å². The van der Waals surface area contributed by atoms with E-state index in [0.717, 1.165) is 69.1 Å². The van der Waals surface area contributed by atoms with E-state index in [4.69, 9.17) is 9.97 Å². The van der Waals surface area contributed by atoms with Crippen LogP contribution >= 0.6 is 0 Å². The van der Waals surface area contributed by atoms with Crippen LogP contribution in [0.25, 0.3) is 0 Å². The van der Waals surface area contributed by atoms with Gasteiger partial charge in [-0.25, -0.2) is 9.97 Å². The lowest BCUT2D eigenvalue weighted by atomic mass is 9.93. The smallest absolute Gasteiger partial charge is 0.237 e. The standard InChI is InChI=1S/C24H40N6O/c1-17(2)30(18-9-5-4-6-10-18)22(31)16-29-14-8-7-11-21(29)24-27-20-15-26-13-12-19(20)23(25-3)28-24/h17-18,21,26H,4-16H2,1-3H3,(H,25,27,28)/t21-/m0/s1. The van der Waals surface area contributed by atoms with Crippen LogP contribution in [0.15, 0.2) is 0 Å². The lowest BCUT2D eigenvalue weighted by molar-refractivity contribution is -0.138. The van der Waals surface area contributed by atoms with Crippen LogP contribution in [0.3, 0.4) is 0 Å². The lowest BCUT2D eigenvalue weighted by Gasteiger charge is -2.40. The summed E-state index contributed by atoms with van der Waals surface area (Å²) in [6.45, 7) is 7.53. The molecule has 4 rings (SSSR count). The second kappa shape index (κ2) is 10.3. The number of amides is 1. The molecule has 1 atom stereocenters. The van der Waals surface area contributed by atoms with Gasteiger partial charge < -0.3 is 15.5 Å². The number of hydrogen-bond acceptors (Lipinski definition) is 6. The van der Waals surface area contributed by atoms with Gasteiger partial charge in [0.05, 0.1) is 18.3 Å². The Labute approximate surface area is 187 Å². The highest BCUT2D eigenvalue weighted by molar-refractivity contribution is 5.79. The Kier molecular flexibility index (Phi) is 7.43. The number of nitrogens with one attached hydrogen (secondary N) is 2. The summed E-state index contributed by atoms with van der Waals surface area (Å²) in [4.78, 5) is 28.0. The molecule has 1 aromatic rings. The summed E-state index contributed by atoms with van der Waals surface area (Å²) in [6, 6.07) is 0.782. The van der Waals surface area contributed by atoms with E-state index in [-0.39, 0.29) is 18.0 Å². The summed E-state index contributed by atoms with van der Waals surface area (Å²) in [5.41, 5.74) is 2.36. The highest BCUT2D eigenvalue weighted by atomic mass is 16.2. The van der Waals surface area contributed by atoms with Crippen molar-refractivity contribution >= 4 is 11.7 Å². The van der Waals surface area contributed by atoms with E-state index < -0.39 is 0 Å². The Morgan fingerprint density at radius 1 is 1.16 bits per heavy atom. The van der Waals surface area contributed by atoms with Crippen LogP contribution < -0.4 is 10.6 Å². The van der Waals surface area contributed by atoms with E-state index in [1.807, 2.05) is 7.05 Å². The van der Waals surface area contributed by atoms with E-state index >= 15 is 0 Å². The van der Waals surface area contributed by atoms with Gasteiger partial charge in [0.2, 0.25) is 5.91 Å². The average molecular weight is 429 g/mol. The molecular weight excluding hydrogens is 388 g/mol.